The Kier molecular flexibility index (Phi) is 6.11. The van der Waals surface area contributed by atoms with Crippen molar-refractivity contribution < 1.29 is 9.53 Å². The van der Waals surface area contributed by atoms with E-state index in [4.69, 9.17) is 4.74 Å². The number of nitrogens with zero attached hydrogens (tertiary/aromatic N) is 1. The molecule has 2 aliphatic rings. The van der Waals surface area contributed by atoms with Gasteiger partial charge in [-0.3, -0.25) is 4.79 Å². The molecule has 4 heteroatoms. The Labute approximate surface area is 116 Å². The number of carbonyl (C=O) groups excluding carboxylic acids is 1. The summed E-state index contributed by atoms with van der Waals surface area (Å²) in [5.41, 5.74) is 0. The van der Waals surface area contributed by atoms with E-state index in [1.54, 1.807) is 0 Å². The molecule has 2 fully saturated rings. The zero-order chi connectivity index (χ0) is 13.5. The van der Waals surface area contributed by atoms with Crippen molar-refractivity contribution in [2.24, 2.45) is 0 Å². The van der Waals surface area contributed by atoms with Gasteiger partial charge in [0.1, 0.15) is 0 Å². The minimum Gasteiger partial charge on any atom is -0.378 e. The second-order valence-electron chi connectivity index (χ2n) is 5.87. The van der Waals surface area contributed by atoms with Gasteiger partial charge in [-0.15, -0.1) is 0 Å². The van der Waals surface area contributed by atoms with Crippen LogP contribution in [0.15, 0.2) is 0 Å². The standard InChI is InChI=1S/C15H28N2O2/c1-17(13-5-3-2-4-6-13)15(18)9-12-19-14-7-10-16-11-8-14/h13-14,16H,2-12H2,1H3. The lowest BCUT2D eigenvalue weighted by molar-refractivity contribution is -0.134. The van der Waals surface area contributed by atoms with Crippen LogP contribution in [0.2, 0.25) is 0 Å². The number of piperidine rings is 1. The predicted molar refractivity (Wildman–Crippen MR) is 76.1 cm³/mol. The molecule has 1 saturated heterocycles. The van der Waals surface area contributed by atoms with Crippen molar-refractivity contribution in [2.45, 2.75) is 63.5 Å². The Morgan fingerprint density at radius 2 is 1.84 bits per heavy atom. The van der Waals surface area contributed by atoms with Crippen molar-refractivity contribution in [1.29, 1.82) is 0 Å². The van der Waals surface area contributed by atoms with E-state index in [2.05, 4.69) is 5.32 Å². The first-order valence-corrected chi connectivity index (χ1v) is 7.85. The number of hydrogen-bond acceptors (Lipinski definition) is 3. The Bertz CT molecular complexity index is 271. The van der Waals surface area contributed by atoms with Gasteiger partial charge >= 0.3 is 0 Å². The van der Waals surface area contributed by atoms with Crippen molar-refractivity contribution in [1.82, 2.24) is 10.2 Å². The van der Waals surface area contributed by atoms with Gasteiger partial charge in [0.15, 0.2) is 0 Å². The van der Waals surface area contributed by atoms with E-state index in [-0.39, 0.29) is 5.91 Å². The van der Waals surface area contributed by atoms with Gasteiger partial charge in [0.2, 0.25) is 5.91 Å². The Morgan fingerprint density at radius 3 is 2.53 bits per heavy atom. The molecule has 2 rings (SSSR count). The smallest absolute Gasteiger partial charge is 0.224 e. The first kappa shape index (κ1) is 14.8. The van der Waals surface area contributed by atoms with E-state index < -0.39 is 0 Å². The maximum atomic E-state index is 12.1. The van der Waals surface area contributed by atoms with Crippen molar-refractivity contribution in [3.8, 4) is 0 Å². The van der Waals surface area contributed by atoms with Gasteiger partial charge in [0, 0.05) is 13.1 Å². The van der Waals surface area contributed by atoms with Crippen LogP contribution >= 0.6 is 0 Å². The van der Waals surface area contributed by atoms with Gasteiger partial charge in [-0.1, -0.05) is 19.3 Å². The SMILES string of the molecule is CN(C(=O)CCOC1CCNCC1)C1CCCCC1. The van der Waals surface area contributed by atoms with E-state index in [1.165, 1.54) is 32.1 Å². The second kappa shape index (κ2) is 7.85. The fraction of sp³-hybridized carbons (Fsp3) is 0.933. The molecule has 19 heavy (non-hydrogen) atoms. The highest BCUT2D eigenvalue weighted by molar-refractivity contribution is 5.76. The average molecular weight is 268 g/mol. The molecule has 0 aromatic heterocycles. The van der Waals surface area contributed by atoms with Crippen LogP contribution in [-0.4, -0.2) is 49.7 Å². The highest BCUT2D eigenvalue weighted by Gasteiger charge is 2.22. The number of rotatable bonds is 5. The third kappa shape index (κ3) is 4.77. The van der Waals surface area contributed by atoms with Crippen LogP contribution in [0, 0.1) is 0 Å². The summed E-state index contributed by atoms with van der Waals surface area (Å²) in [5.74, 6) is 0.251. The molecule has 0 bridgehead atoms. The summed E-state index contributed by atoms with van der Waals surface area (Å²) in [7, 11) is 1.96. The molecule has 1 N–H and O–H groups in total. The molecule has 110 valence electrons. The zero-order valence-corrected chi connectivity index (χ0v) is 12.2. The average Bonchev–Trinajstić information content (AvgIpc) is 2.48. The lowest BCUT2D eigenvalue weighted by Gasteiger charge is -2.31. The number of carbonyl (C=O) groups is 1. The van der Waals surface area contributed by atoms with Crippen LogP contribution in [0.1, 0.15) is 51.4 Å². The summed E-state index contributed by atoms with van der Waals surface area (Å²) >= 11 is 0. The molecule has 4 nitrogen and oxygen atoms in total. The fourth-order valence-electron chi connectivity index (χ4n) is 3.12. The highest BCUT2D eigenvalue weighted by Crippen LogP contribution is 2.22. The summed E-state index contributed by atoms with van der Waals surface area (Å²) in [6.45, 7) is 2.67. The molecule has 0 spiro atoms. The molecule has 0 unspecified atom stereocenters. The van der Waals surface area contributed by atoms with Crippen molar-refractivity contribution in [3.63, 3.8) is 0 Å². The molecular weight excluding hydrogens is 240 g/mol. The third-order valence-corrected chi connectivity index (χ3v) is 4.47. The predicted octanol–water partition coefficient (Wildman–Crippen LogP) is 1.94. The van der Waals surface area contributed by atoms with Crippen LogP contribution in [-0.2, 0) is 9.53 Å². The van der Waals surface area contributed by atoms with Crippen LogP contribution in [0.5, 0.6) is 0 Å². The minimum absolute atomic E-state index is 0.251. The van der Waals surface area contributed by atoms with E-state index in [0.717, 1.165) is 25.9 Å². The van der Waals surface area contributed by atoms with Crippen LogP contribution in [0.4, 0.5) is 0 Å². The largest absolute Gasteiger partial charge is 0.378 e. The molecule has 1 heterocycles. The summed E-state index contributed by atoms with van der Waals surface area (Å²) in [4.78, 5) is 14.1. The van der Waals surface area contributed by atoms with Gasteiger partial charge in [0.25, 0.3) is 0 Å². The summed E-state index contributed by atoms with van der Waals surface area (Å²) < 4.78 is 5.80. The first-order chi connectivity index (χ1) is 9.27. The van der Waals surface area contributed by atoms with Crippen molar-refractivity contribution in [2.75, 3.05) is 26.7 Å². The van der Waals surface area contributed by atoms with E-state index in [9.17, 15) is 4.79 Å². The first-order valence-electron chi connectivity index (χ1n) is 7.85. The van der Waals surface area contributed by atoms with Gasteiger partial charge in [-0.2, -0.15) is 0 Å². The summed E-state index contributed by atoms with van der Waals surface area (Å²) in [6, 6.07) is 0.472. The minimum atomic E-state index is 0.251. The summed E-state index contributed by atoms with van der Waals surface area (Å²) in [6.07, 6.45) is 9.28. The van der Waals surface area contributed by atoms with Crippen molar-refractivity contribution >= 4 is 5.91 Å². The van der Waals surface area contributed by atoms with E-state index in [0.29, 0.717) is 25.2 Å². The van der Waals surface area contributed by atoms with Crippen molar-refractivity contribution in [3.05, 3.63) is 0 Å². The number of amides is 1. The van der Waals surface area contributed by atoms with Crippen LogP contribution < -0.4 is 5.32 Å². The zero-order valence-electron chi connectivity index (χ0n) is 12.2. The third-order valence-electron chi connectivity index (χ3n) is 4.47. The molecular formula is C15H28N2O2. The van der Waals surface area contributed by atoms with Crippen LogP contribution in [0.3, 0.4) is 0 Å². The van der Waals surface area contributed by atoms with E-state index >= 15 is 0 Å². The molecule has 1 saturated carbocycles. The topological polar surface area (TPSA) is 41.6 Å². The Morgan fingerprint density at radius 1 is 1.16 bits per heavy atom. The maximum absolute atomic E-state index is 12.1. The van der Waals surface area contributed by atoms with Crippen LogP contribution in [0.25, 0.3) is 0 Å². The number of nitrogens with one attached hydrogen (secondary N) is 1. The fourth-order valence-corrected chi connectivity index (χ4v) is 3.12. The van der Waals surface area contributed by atoms with Gasteiger partial charge in [-0.25, -0.2) is 0 Å². The molecule has 0 aromatic carbocycles. The monoisotopic (exact) mass is 268 g/mol. The molecule has 1 aliphatic heterocycles. The molecule has 0 atom stereocenters. The molecule has 1 aliphatic carbocycles. The lowest BCUT2D eigenvalue weighted by atomic mass is 9.94. The lowest BCUT2D eigenvalue weighted by Crippen LogP contribution is -2.39. The molecule has 1 amide bonds. The highest BCUT2D eigenvalue weighted by atomic mass is 16.5. The second-order valence-corrected chi connectivity index (χ2v) is 5.87. The Balaban J connectivity index is 1.62. The van der Waals surface area contributed by atoms with Gasteiger partial charge < -0.3 is 15.0 Å². The van der Waals surface area contributed by atoms with Gasteiger partial charge in [-0.05, 0) is 38.8 Å². The number of ether oxygens (including phenoxy) is 1. The quantitative estimate of drug-likeness (QED) is 0.828. The normalized spacial score (nSPS) is 22.4. The molecule has 0 aromatic rings. The van der Waals surface area contributed by atoms with E-state index in [1.807, 2.05) is 11.9 Å². The van der Waals surface area contributed by atoms with Gasteiger partial charge in [0.05, 0.1) is 19.1 Å². The maximum Gasteiger partial charge on any atom is 0.224 e. The number of hydrogen-bond donors (Lipinski definition) is 1. The summed E-state index contributed by atoms with van der Waals surface area (Å²) in [5, 5.41) is 3.32. The molecule has 0 radical (unpaired) electrons. The Hall–Kier alpha value is -0.610.